The highest BCUT2D eigenvalue weighted by Gasteiger charge is 2.20. The Balaban J connectivity index is 1.80. The Morgan fingerprint density at radius 3 is 2.52 bits per heavy atom. The summed E-state index contributed by atoms with van der Waals surface area (Å²) in [5.41, 5.74) is 2.54. The molecule has 0 radical (unpaired) electrons. The summed E-state index contributed by atoms with van der Waals surface area (Å²) in [5, 5.41) is 10.9. The van der Waals surface area contributed by atoms with Crippen molar-refractivity contribution in [2.24, 2.45) is 0 Å². The van der Waals surface area contributed by atoms with Gasteiger partial charge in [-0.3, -0.25) is 4.79 Å². The minimum absolute atomic E-state index is 0.0598. The molecule has 0 aliphatic heterocycles. The van der Waals surface area contributed by atoms with E-state index in [1.54, 1.807) is 23.0 Å². The smallest absolute Gasteiger partial charge is 0.291 e. The second-order valence-electron chi connectivity index (χ2n) is 6.26. The van der Waals surface area contributed by atoms with Crippen molar-refractivity contribution in [3.05, 3.63) is 60.3 Å². The van der Waals surface area contributed by atoms with Crippen molar-refractivity contribution >= 4 is 11.6 Å². The first-order valence-electron chi connectivity index (χ1n) is 7.31. The van der Waals surface area contributed by atoms with E-state index in [-0.39, 0.29) is 17.1 Å². The van der Waals surface area contributed by atoms with E-state index in [4.69, 9.17) is 4.42 Å². The molecule has 3 rings (SSSR count). The van der Waals surface area contributed by atoms with Crippen LogP contribution >= 0.6 is 0 Å². The van der Waals surface area contributed by atoms with Crippen molar-refractivity contribution in [2.45, 2.75) is 26.2 Å². The van der Waals surface area contributed by atoms with Gasteiger partial charge in [0.05, 0.1) is 23.8 Å². The maximum Gasteiger partial charge on any atom is 0.291 e. The van der Waals surface area contributed by atoms with Crippen molar-refractivity contribution in [3.8, 4) is 5.69 Å². The fourth-order valence-electron chi connectivity index (χ4n) is 2.22. The van der Waals surface area contributed by atoms with Crippen molar-refractivity contribution in [2.75, 3.05) is 5.32 Å². The van der Waals surface area contributed by atoms with E-state index in [2.05, 4.69) is 36.4 Å². The first-order chi connectivity index (χ1) is 10.9. The lowest BCUT2D eigenvalue weighted by Crippen LogP contribution is -2.17. The highest BCUT2D eigenvalue weighted by atomic mass is 16.3. The van der Waals surface area contributed by atoms with Gasteiger partial charge in [-0.25, -0.2) is 4.68 Å². The van der Waals surface area contributed by atoms with E-state index in [0.717, 1.165) is 11.4 Å². The summed E-state index contributed by atoms with van der Waals surface area (Å²) >= 11 is 0. The molecule has 3 aromatic rings. The van der Waals surface area contributed by atoms with Crippen LogP contribution in [-0.2, 0) is 5.41 Å². The zero-order chi connectivity index (χ0) is 16.4. The zero-order valence-corrected chi connectivity index (χ0v) is 13.3. The summed E-state index contributed by atoms with van der Waals surface area (Å²) in [4.78, 5) is 11.9. The summed E-state index contributed by atoms with van der Waals surface area (Å²) in [6.45, 7) is 6.33. The Hall–Kier alpha value is -2.89. The molecule has 6 nitrogen and oxygen atoms in total. The van der Waals surface area contributed by atoms with Gasteiger partial charge in [0.2, 0.25) is 0 Å². The third-order valence-corrected chi connectivity index (χ3v) is 3.43. The van der Waals surface area contributed by atoms with Gasteiger partial charge >= 0.3 is 0 Å². The number of rotatable bonds is 3. The molecule has 0 atom stereocenters. The van der Waals surface area contributed by atoms with Gasteiger partial charge in [-0.1, -0.05) is 26.0 Å². The van der Waals surface area contributed by atoms with Gasteiger partial charge in [0, 0.05) is 11.1 Å². The van der Waals surface area contributed by atoms with E-state index in [9.17, 15) is 4.79 Å². The van der Waals surface area contributed by atoms with Gasteiger partial charge in [0.25, 0.3) is 5.91 Å². The number of anilines is 1. The number of benzene rings is 1. The first-order valence-corrected chi connectivity index (χ1v) is 7.31. The fourth-order valence-corrected chi connectivity index (χ4v) is 2.22. The molecule has 0 saturated heterocycles. The number of hydrogen-bond donors (Lipinski definition) is 1. The Morgan fingerprint density at radius 2 is 1.91 bits per heavy atom. The van der Waals surface area contributed by atoms with Gasteiger partial charge in [-0.15, -0.1) is 5.10 Å². The largest absolute Gasteiger partial charge is 0.459 e. The summed E-state index contributed by atoms with van der Waals surface area (Å²) in [6, 6.07) is 10.7. The third-order valence-electron chi connectivity index (χ3n) is 3.43. The molecule has 23 heavy (non-hydrogen) atoms. The molecule has 0 spiro atoms. The molecule has 118 valence electrons. The lowest BCUT2D eigenvalue weighted by Gasteiger charge is -2.19. The van der Waals surface area contributed by atoms with E-state index in [0.29, 0.717) is 5.69 Å². The number of carbonyl (C=O) groups excluding carboxylic acids is 1. The molecule has 1 amide bonds. The molecule has 0 fully saturated rings. The van der Waals surface area contributed by atoms with Crippen LogP contribution in [0.3, 0.4) is 0 Å². The van der Waals surface area contributed by atoms with Crippen LogP contribution in [0.4, 0.5) is 5.69 Å². The number of nitrogens with one attached hydrogen (secondary N) is 1. The Labute approximate surface area is 134 Å². The van der Waals surface area contributed by atoms with Crippen LogP contribution in [-0.4, -0.2) is 20.9 Å². The average Bonchev–Trinajstić information content (AvgIpc) is 3.19. The summed E-state index contributed by atoms with van der Waals surface area (Å²) in [7, 11) is 0. The van der Waals surface area contributed by atoms with Gasteiger partial charge < -0.3 is 9.73 Å². The van der Waals surface area contributed by atoms with Crippen molar-refractivity contribution in [1.82, 2.24) is 15.0 Å². The van der Waals surface area contributed by atoms with E-state index >= 15 is 0 Å². The first kappa shape index (κ1) is 15.0. The van der Waals surface area contributed by atoms with Crippen LogP contribution in [0.15, 0.2) is 53.3 Å². The van der Waals surface area contributed by atoms with Crippen LogP contribution < -0.4 is 5.32 Å². The highest BCUT2D eigenvalue weighted by Crippen LogP contribution is 2.24. The number of nitrogens with zero attached hydrogens (tertiary/aromatic N) is 3. The molecule has 2 aromatic heterocycles. The highest BCUT2D eigenvalue weighted by molar-refractivity contribution is 6.02. The predicted octanol–water partition coefficient (Wildman–Crippen LogP) is 3.41. The maximum atomic E-state index is 11.9. The molecule has 0 aliphatic rings. The molecule has 2 heterocycles. The molecular formula is C17H18N4O2. The summed E-state index contributed by atoms with van der Waals surface area (Å²) in [6.07, 6.45) is 3.24. The third kappa shape index (κ3) is 3.15. The topological polar surface area (TPSA) is 73.0 Å². The molecular weight excluding hydrogens is 292 g/mol. The van der Waals surface area contributed by atoms with Crippen molar-refractivity contribution in [1.29, 1.82) is 0 Å². The number of hydrogen-bond acceptors (Lipinski definition) is 4. The van der Waals surface area contributed by atoms with Gasteiger partial charge in [0.1, 0.15) is 0 Å². The Morgan fingerprint density at radius 1 is 1.17 bits per heavy atom. The van der Waals surface area contributed by atoms with Crippen LogP contribution in [0.1, 0.15) is 37.0 Å². The maximum absolute atomic E-state index is 11.9. The van der Waals surface area contributed by atoms with Crippen molar-refractivity contribution in [3.63, 3.8) is 0 Å². The SMILES string of the molecule is CC(C)(C)c1cnnn1-c1ccc(NC(=O)c2ccco2)cc1. The van der Waals surface area contributed by atoms with Gasteiger partial charge in [-0.05, 0) is 36.4 Å². The van der Waals surface area contributed by atoms with E-state index in [1.807, 2.05) is 24.3 Å². The molecule has 0 bridgehead atoms. The van der Waals surface area contributed by atoms with Crippen LogP contribution in [0.5, 0.6) is 0 Å². The monoisotopic (exact) mass is 310 g/mol. The molecule has 1 aromatic carbocycles. The lowest BCUT2D eigenvalue weighted by atomic mass is 9.92. The normalized spacial score (nSPS) is 11.4. The Bertz CT molecular complexity index is 796. The second-order valence-corrected chi connectivity index (χ2v) is 6.26. The molecule has 0 aliphatic carbocycles. The van der Waals surface area contributed by atoms with Crippen LogP contribution in [0.2, 0.25) is 0 Å². The minimum atomic E-state index is -0.279. The number of amides is 1. The lowest BCUT2D eigenvalue weighted by molar-refractivity contribution is 0.0996. The average molecular weight is 310 g/mol. The van der Waals surface area contributed by atoms with Crippen LogP contribution in [0.25, 0.3) is 5.69 Å². The Kier molecular flexibility index (Phi) is 3.73. The molecule has 0 saturated carbocycles. The standard InChI is InChI=1S/C17H18N4O2/c1-17(2,3)15-11-18-20-21(15)13-8-6-12(7-9-13)19-16(22)14-5-4-10-23-14/h4-11H,1-3H3,(H,19,22). The molecule has 1 N–H and O–H groups in total. The summed E-state index contributed by atoms with van der Waals surface area (Å²) in [5.74, 6) is -0.000687. The van der Waals surface area contributed by atoms with E-state index < -0.39 is 0 Å². The minimum Gasteiger partial charge on any atom is -0.459 e. The number of furan rings is 1. The van der Waals surface area contributed by atoms with Crippen molar-refractivity contribution < 1.29 is 9.21 Å². The fraction of sp³-hybridized carbons (Fsp3) is 0.235. The number of carbonyl (C=O) groups is 1. The molecule has 0 unspecified atom stereocenters. The molecule has 6 heteroatoms. The number of aromatic nitrogens is 3. The zero-order valence-electron chi connectivity index (χ0n) is 13.3. The second kappa shape index (κ2) is 5.72. The van der Waals surface area contributed by atoms with Gasteiger partial charge in [0.15, 0.2) is 5.76 Å². The quantitative estimate of drug-likeness (QED) is 0.804. The van der Waals surface area contributed by atoms with Crippen LogP contribution in [0, 0.1) is 0 Å². The van der Waals surface area contributed by atoms with Gasteiger partial charge in [-0.2, -0.15) is 0 Å². The predicted molar refractivity (Wildman–Crippen MR) is 86.7 cm³/mol. The van der Waals surface area contributed by atoms with E-state index in [1.165, 1.54) is 6.26 Å². The summed E-state index contributed by atoms with van der Waals surface area (Å²) < 4.78 is 6.87.